The number of hydrogen-bond acceptors (Lipinski definition) is 3. The van der Waals surface area contributed by atoms with Crippen molar-refractivity contribution in [1.29, 1.82) is 0 Å². The van der Waals surface area contributed by atoms with Gasteiger partial charge in [0, 0.05) is 22.5 Å². The lowest BCUT2D eigenvalue weighted by Crippen LogP contribution is -2.49. The second kappa shape index (κ2) is 4.55. The fraction of sp³-hybridized carbons (Fsp3) is 0.444. The van der Waals surface area contributed by atoms with Crippen LogP contribution in [-0.2, 0) is 0 Å². The molecule has 0 saturated heterocycles. The molecule has 0 heterocycles. The van der Waals surface area contributed by atoms with Crippen molar-refractivity contribution in [2.24, 2.45) is 21.9 Å². The lowest BCUT2D eigenvalue weighted by atomic mass is 9.51. The van der Waals surface area contributed by atoms with Crippen LogP contribution in [0.15, 0.2) is 47.1 Å². The van der Waals surface area contributed by atoms with Gasteiger partial charge >= 0.3 is 0 Å². The highest BCUT2D eigenvalue weighted by atomic mass is 16.4. The summed E-state index contributed by atoms with van der Waals surface area (Å²) in [6, 6.07) is 9.42. The molecule has 1 fully saturated rings. The minimum atomic E-state index is -0.243. The minimum absolute atomic E-state index is 0.0228. The fourth-order valence-electron chi connectivity index (χ4n) is 4.21. The van der Waals surface area contributed by atoms with Crippen LogP contribution < -0.4 is 0 Å². The number of nitrogens with zero attached hydrogens (tertiary/aromatic N) is 1. The van der Waals surface area contributed by atoms with Gasteiger partial charge in [-0.2, -0.15) is 0 Å². The number of rotatable bonds is 2. The van der Waals surface area contributed by atoms with Gasteiger partial charge in [-0.25, -0.2) is 0 Å². The van der Waals surface area contributed by atoms with Gasteiger partial charge in [0.15, 0.2) is 5.78 Å². The number of fused-ring (bicyclic) bond motifs is 2. The van der Waals surface area contributed by atoms with Crippen LogP contribution in [0.3, 0.4) is 0 Å². The van der Waals surface area contributed by atoms with E-state index in [0.717, 1.165) is 23.3 Å². The molecule has 0 aliphatic heterocycles. The van der Waals surface area contributed by atoms with Crippen LogP contribution in [0.2, 0.25) is 0 Å². The van der Waals surface area contributed by atoms with Gasteiger partial charge in [0.05, 0.1) is 5.71 Å². The first kappa shape index (κ1) is 14.1. The summed E-state index contributed by atoms with van der Waals surface area (Å²) in [5.41, 5.74) is 2.20. The molecule has 3 heteroatoms. The van der Waals surface area contributed by atoms with Gasteiger partial charge in [0.2, 0.25) is 0 Å². The third-order valence-electron chi connectivity index (χ3n) is 5.01. The highest BCUT2D eigenvalue weighted by Gasteiger charge is 2.53. The average Bonchev–Trinajstić information content (AvgIpc) is 2.45. The molecule has 3 nitrogen and oxygen atoms in total. The average molecular weight is 283 g/mol. The highest BCUT2D eigenvalue weighted by molar-refractivity contribution is 6.12. The molecule has 3 aliphatic rings. The van der Waals surface area contributed by atoms with E-state index in [1.54, 1.807) is 0 Å². The van der Waals surface area contributed by atoms with E-state index < -0.39 is 0 Å². The first-order valence-electron chi connectivity index (χ1n) is 7.40. The summed E-state index contributed by atoms with van der Waals surface area (Å²) in [6.07, 6.45) is 3.65. The molecular formula is C18H21NO2. The zero-order valence-electron chi connectivity index (χ0n) is 12.8. The van der Waals surface area contributed by atoms with Crippen LogP contribution >= 0.6 is 0 Å². The monoisotopic (exact) mass is 283 g/mol. The number of carbonyl (C=O) groups is 1. The third kappa shape index (κ3) is 2.11. The molecule has 2 bridgehead atoms. The Kier molecular flexibility index (Phi) is 3.05. The molecule has 1 aromatic rings. The van der Waals surface area contributed by atoms with Crippen molar-refractivity contribution < 1.29 is 10.0 Å². The van der Waals surface area contributed by atoms with Crippen molar-refractivity contribution in [3.05, 3.63) is 47.5 Å². The number of allylic oxidation sites excluding steroid dienone is 2. The van der Waals surface area contributed by atoms with Crippen LogP contribution in [0.1, 0.15) is 44.0 Å². The Morgan fingerprint density at radius 3 is 2.48 bits per heavy atom. The Morgan fingerprint density at radius 1 is 1.24 bits per heavy atom. The zero-order valence-corrected chi connectivity index (χ0v) is 12.8. The summed E-state index contributed by atoms with van der Waals surface area (Å²) < 4.78 is 0. The SMILES string of the molecule is CC1(C)C[C@]2(C)C/C(=N\O)[C@H]1C=C2C(=O)c1ccccc1. The van der Waals surface area contributed by atoms with Crippen molar-refractivity contribution in [1.82, 2.24) is 0 Å². The van der Waals surface area contributed by atoms with E-state index >= 15 is 0 Å². The Labute approximate surface area is 125 Å². The quantitative estimate of drug-likeness (QED) is 0.505. The maximum Gasteiger partial charge on any atom is 0.189 e. The summed E-state index contributed by atoms with van der Waals surface area (Å²) in [5, 5.41) is 12.8. The Morgan fingerprint density at radius 2 is 1.90 bits per heavy atom. The summed E-state index contributed by atoms with van der Waals surface area (Å²) in [6.45, 7) is 6.48. The molecule has 3 aliphatic carbocycles. The van der Waals surface area contributed by atoms with Crippen molar-refractivity contribution >= 4 is 11.5 Å². The highest BCUT2D eigenvalue weighted by Crippen LogP contribution is 2.57. The number of benzene rings is 1. The lowest BCUT2D eigenvalue weighted by Gasteiger charge is -2.52. The molecular weight excluding hydrogens is 262 g/mol. The molecule has 2 atom stereocenters. The molecule has 1 aromatic carbocycles. The van der Waals surface area contributed by atoms with Crippen molar-refractivity contribution in [3.8, 4) is 0 Å². The number of ketones is 1. The summed E-state index contributed by atoms with van der Waals surface area (Å²) in [7, 11) is 0. The third-order valence-corrected chi connectivity index (χ3v) is 5.01. The van der Waals surface area contributed by atoms with Gasteiger partial charge < -0.3 is 5.21 Å². The van der Waals surface area contributed by atoms with Crippen LogP contribution in [0.5, 0.6) is 0 Å². The van der Waals surface area contributed by atoms with E-state index in [0.29, 0.717) is 6.42 Å². The van der Waals surface area contributed by atoms with Crippen LogP contribution in [0.4, 0.5) is 0 Å². The van der Waals surface area contributed by atoms with Gasteiger partial charge in [-0.05, 0) is 18.3 Å². The molecule has 110 valence electrons. The predicted octanol–water partition coefficient (Wildman–Crippen LogP) is 4.08. The van der Waals surface area contributed by atoms with E-state index in [4.69, 9.17) is 0 Å². The molecule has 4 rings (SSSR count). The smallest absolute Gasteiger partial charge is 0.189 e. The Balaban J connectivity index is 2.07. The molecule has 21 heavy (non-hydrogen) atoms. The first-order chi connectivity index (χ1) is 9.87. The normalized spacial score (nSPS) is 32.0. The van der Waals surface area contributed by atoms with Gasteiger partial charge in [-0.1, -0.05) is 62.3 Å². The van der Waals surface area contributed by atoms with Crippen LogP contribution in [-0.4, -0.2) is 16.7 Å². The standard InChI is InChI=1S/C18H21NO2/c1-17(2)11-18(3)10-15(19-21)13(17)9-14(18)16(20)12-7-5-4-6-8-12/h4-9,13,21H,10-11H2,1-3H3/b19-15+/t13-,18+/m1/s1. The van der Waals surface area contributed by atoms with E-state index in [9.17, 15) is 10.0 Å². The van der Waals surface area contributed by atoms with Crippen molar-refractivity contribution in [2.45, 2.75) is 33.6 Å². The fourth-order valence-corrected chi connectivity index (χ4v) is 4.21. The number of hydrogen-bond donors (Lipinski definition) is 1. The number of carbonyl (C=O) groups excluding carboxylic acids is 1. The molecule has 1 N–H and O–H groups in total. The van der Waals surface area contributed by atoms with Gasteiger partial charge in [0.25, 0.3) is 0 Å². The predicted molar refractivity (Wildman–Crippen MR) is 82.7 cm³/mol. The molecule has 0 unspecified atom stereocenters. The Hall–Kier alpha value is -1.90. The zero-order chi connectivity index (χ0) is 15.3. The van der Waals surface area contributed by atoms with E-state index in [1.807, 2.05) is 36.4 Å². The van der Waals surface area contributed by atoms with E-state index in [1.165, 1.54) is 0 Å². The maximum absolute atomic E-state index is 12.8. The molecule has 0 spiro atoms. The first-order valence-corrected chi connectivity index (χ1v) is 7.40. The van der Waals surface area contributed by atoms with Crippen LogP contribution in [0, 0.1) is 16.7 Å². The molecule has 0 radical (unpaired) electrons. The largest absolute Gasteiger partial charge is 0.411 e. The second-order valence-electron chi connectivity index (χ2n) is 7.25. The van der Waals surface area contributed by atoms with Crippen LogP contribution in [0.25, 0.3) is 0 Å². The number of oxime groups is 1. The molecule has 0 aromatic heterocycles. The molecule has 1 saturated carbocycles. The lowest BCUT2D eigenvalue weighted by molar-refractivity contribution is 0.0911. The summed E-state index contributed by atoms with van der Waals surface area (Å²) in [4.78, 5) is 12.8. The van der Waals surface area contributed by atoms with Crippen molar-refractivity contribution in [3.63, 3.8) is 0 Å². The van der Waals surface area contributed by atoms with Crippen molar-refractivity contribution in [2.75, 3.05) is 0 Å². The van der Waals surface area contributed by atoms with Gasteiger partial charge in [-0.15, -0.1) is 0 Å². The topological polar surface area (TPSA) is 49.7 Å². The summed E-state index contributed by atoms with van der Waals surface area (Å²) in [5.74, 6) is 0.155. The van der Waals surface area contributed by atoms with E-state index in [2.05, 4.69) is 25.9 Å². The van der Waals surface area contributed by atoms with E-state index in [-0.39, 0.29) is 22.5 Å². The number of Topliss-reactive ketones (excluding diaryl/α,β-unsaturated/α-hetero) is 1. The van der Waals surface area contributed by atoms with Gasteiger partial charge in [0.1, 0.15) is 0 Å². The summed E-state index contributed by atoms with van der Waals surface area (Å²) >= 11 is 0. The maximum atomic E-state index is 12.8. The Bertz CT molecular complexity index is 642. The second-order valence-corrected chi connectivity index (χ2v) is 7.25. The molecule has 0 amide bonds. The minimum Gasteiger partial charge on any atom is -0.411 e. The van der Waals surface area contributed by atoms with Gasteiger partial charge in [-0.3, -0.25) is 4.79 Å².